The second kappa shape index (κ2) is 6.74. The summed E-state index contributed by atoms with van der Waals surface area (Å²) in [4.78, 5) is 18.0. The number of hydrogen-bond acceptors (Lipinski definition) is 5. The molecule has 1 aromatic heterocycles. The predicted octanol–water partition coefficient (Wildman–Crippen LogP) is 2.48. The Kier molecular flexibility index (Phi) is 4.77. The third kappa shape index (κ3) is 3.51. The summed E-state index contributed by atoms with van der Waals surface area (Å²) in [5.74, 6) is 0.135. The number of esters is 1. The molecule has 1 aromatic carbocycles. The lowest BCUT2D eigenvalue weighted by Gasteiger charge is -2.23. The van der Waals surface area contributed by atoms with Crippen LogP contribution in [0.5, 0.6) is 0 Å². The van der Waals surface area contributed by atoms with Crippen molar-refractivity contribution < 1.29 is 9.53 Å². The van der Waals surface area contributed by atoms with Crippen LogP contribution in [-0.4, -0.2) is 24.6 Å². The number of methoxy groups -OCH3 is 1. The fourth-order valence-electron chi connectivity index (χ4n) is 2.07. The van der Waals surface area contributed by atoms with E-state index in [4.69, 9.17) is 10.5 Å². The van der Waals surface area contributed by atoms with Gasteiger partial charge in [0.2, 0.25) is 0 Å². The molecule has 5 heteroatoms. The summed E-state index contributed by atoms with van der Waals surface area (Å²) in [5.41, 5.74) is 7.96. The quantitative estimate of drug-likeness (QED) is 0.855. The van der Waals surface area contributed by atoms with Crippen molar-refractivity contribution in [2.45, 2.75) is 13.5 Å². The van der Waals surface area contributed by atoms with Crippen LogP contribution in [0.2, 0.25) is 0 Å². The van der Waals surface area contributed by atoms with Gasteiger partial charge in [-0.15, -0.1) is 0 Å². The average Bonchev–Trinajstić information content (AvgIpc) is 2.53. The average molecular weight is 285 g/mol. The van der Waals surface area contributed by atoms with Gasteiger partial charge in [-0.1, -0.05) is 30.3 Å². The fraction of sp³-hybridized carbons (Fsp3) is 0.250. The van der Waals surface area contributed by atoms with E-state index >= 15 is 0 Å². The van der Waals surface area contributed by atoms with Crippen LogP contribution in [-0.2, 0) is 11.3 Å². The van der Waals surface area contributed by atoms with Gasteiger partial charge in [0, 0.05) is 13.1 Å². The first kappa shape index (κ1) is 14.8. The zero-order valence-corrected chi connectivity index (χ0v) is 12.2. The molecule has 0 bridgehead atoms. The number of ether oxygens (including phenoxy) is 1. The third-order valence-corrected chi connectivity index (χ3v) is 3.20. The zero-order valence-electron chi connectivity index (χ0n) is 12.2. The molecule has 0 saturated carbocycles. The van der Waals surface area contributed by atoms with Crippen molar-refractivity contribution in [1.82, 2.24) is 4.98 Å². The van der Waals surface area contributed by atoms with E-state index in [0.717, 1.165) is 12.1 Å². The van der Waals surface area contributed by atoms with Crippen LogP contribution in [0.3, 0.4) is 0 Å². The van der Waals surface area contributed by atoms with Gasteiger partial charge in [-0.05, 0) is 24.6 Å². The maximum absolute atomic E-state index is 11.6. The number of benzene rings is 1. The minimum Gasteiger partial charge on any atom is -0.464 e. The first-order valence-corrected chi connectivity index (χ1v) is 6.79. The van der Waals surface area contributed by atoms with E-state index < -0.39 is 5.97 Å². The summed E-state index contributed by atoms with van der Waals surface area (Å²) < 4.78 is 4.70. The minimum atomic E-state index is -0.466. The molecule has 0 aliphatic carbocycles. The number of rotatable bonds is 5. The number of anilines is 2. The third-order valence-electron chi connectivity index (χ3n) is 3.20. The number of aromatic nitrogens is 1. The Labute approximate surface area is 124 Å². The smallest absolute Gasteiger partial charge is 0.356 e. The maximum atomic E-state index is 11.6. The topological polar surface area (TPSA) is 68.5 Å². The van der Waals surface area contributed by atoms with Crippen molar-refractivity contribution in [3.8, 4) is 0 Å². The van der Waals surface area contributed by atoms with Gasteiger partial charge >= 0.3 is 5.97 Å². The van der Waals surface area contributed by atoms with Crippen molar-refractivity contribution in [1.29, 1.82) is 0 Å². The SMILES string of the molecule is CCN(Cc1ccccc1)c1nc(C(=O)OC)ccc1N. The molecule has 0 unspecified atom stereocenters. The number of nitrogens with two attached hydrogens (primary N) is 1. The summed E-state index contributed by atoms with van der Waals surface area (Å²) in [6.45, 7) is 3.44. The summed E-state index contributed by atoms with van der Waals surface area (Å²) in [6.07, 6.45) is 0. The lowest BCUT2D eigenvalue weighted by atomic mass is 10.2. The second-order valence-electron chi connectivity index (χ2n) is 4.60. The van der Waals surface area contributed by atoms with E-state index in [1.165, 1.54) is 7.11 Å². The van der Waals surface area contributed by atoms with Crippen molar-refractivity contribution in [2.24, 2.45) is 0 Å². The highest BCUT2D eigenvalue weighted by Crippen LogP contribution is 2.23. The molecule has 0 saturated heterocycles. The van der Waals surface area contributed by atoms with Crippen LogP contribution in [0.1, 0.15) is 23.0 Å². The molecular weight excluding hydrogens is 266 g/mol. The zero-order chi connectivity index (χ0) is 15.2. The van der Waals surface area contributed by atoms with Gasteiger partial charge in [-0.25, -0.2) is 9.78 Å². The summed E-state index contributed by atoms with van der Waals surface area (Å²) >= 11 is 0. The highest BCUT2D eigenvalue weighted by atomic mass is 16.5. The molecule has 0 fully saturated rings. The summed E-state index contributed by atoms with van der Waals surface area (Å²) in [7, 11) is 1.33. The Hall–Kier alpha value is -2.56. The highest BCUT2D eigenvalue weighted by Gasteiger charge is 2.15. The Morgan fingerprint density at radius 2 is 1.95 bits per heavy atom. The fourth-order valence-corrected chi connectivity index (χ4v) is 2.07. The van der Waals surface area contributed by atoms with Crippen LogP contribution >= 0.6 is 0 Å². The van der Waals surface area contributed by atoms with Gasteiger partial charge in [0.15, 0.2) is 11.5 Å². The molecule has 110 valence electrons. The van der Waals surface area contributed by atoms with Crippen LogP contribution < -0.4 is 10.6 Å². The Morgan fingerprint density at radius 1 is 1.24 bits per heavy atom. The van der Waals surface area contributed by atoms with Crippen molar-refractivity contribution in [2.75, 3.05) is 24.3 Å². The van der Waals surface area contributed by atoms with Crippen LogP contribution in [0.25, 0.3) is 0 Å². The first-order chi connectivity index (χ1) is 10.2. The Morgan fingerprint density at radius 3 is 2.57 bits per heavy atom. The van der Waals surface area contributed by atoms with Gasteiger partial charge in [0.05, 0.1) is 12.8 Å². The molecule has 5 nitrogen and oxygen atoms in total. The lowest BCUT2D eigenvalue weighted by molar-refractivity contribution is 0.0594. The van der Waals surface area contributed by atoms with E-state index in [9.17, 15) is 4.79 Å². The molecule has 0 atom stereocenters. The molecule has 0 aliphatic heterocycles. The van der Waals surface area contributed by atoms with Crippen molar-refractivity contribution in [3.05, 3.63) is 53.7 Å². The molecular formula is C16H19N3O2. The minimum absolute atomic E-state index is 0.258. The van der Waals surface area contributed by atoms with E-state index in [0.29, 0.717) is 18.1 Å². The van der Waals surface area contributed by atoms with Crippen molar-refractivity contribution in [3.63, 3.8) is 0 Å². The molecule has 0 spiro atoms. The van der Waals surface area contributed by atoms with Crippen molar-refractivity contribution >= 4 is 17.5 Å². The van der Waals surface area contributed by atoms with E-state index in [-0.39, 0.29) is 5.69 Å². The summed E-state index contributed by atoms with van der Waals surface area (Å²) in [5, 5.41) is 0. The van der Waals surface area contributed by atoms with Gasteiger partial charge in [0.1, 0.15) is 0 Å². The molecule has 2 aromatic rings. The van der Waals surface area contributed by atoms with Gasteiger partial charge in [-0.3, -0.25) is 0 Å². The largest absolute Gasteiger partial charge is 0.464 e. The maximum Gasteiger partial charge on any atom is 0.356 e. The van der Waals surface area contributed by atoms with E-state index in [1.807, 2.05) is 42.2 Å². The number of carbonyl (C=O) groups is 1. The standard InChI is InChI=1S/C16H19N3O2/c1-3-19(11-12-7-5-4-6-8-12)15-13(17)9-10-14(18-15)16(20)21-2/h4-10H,3,11,17H2,1-2H3. The number of carbonyl (C=O) groups excluding carboxylic acids is 1. The van der Waals surface area contributed by atoms with Crippen LogP contribution in [0.15, 0.2) is 42.5 Å². The van der Waals surface area contributed by atoms with Crippen LogP contribution in [0.4, 0.5) is 11.5 Å². The van der Waals surface area contributed by atoms with Gasteiger partial charge in [0.25, 0.3) is 0 Å². The van der Waals surface area contributed by atoms with Gasteiger partial charge in [-0.2, -0.15) is 0 Å². The van der Waals surface area contributed by atoms with E-state index in [2.05, 4.69) is 4.98 Å². The highest BCUT2D eigenvalue weighted by molar-refractivity contribution is 5.88. The van der Waals surface area contributed by atoms with Crippen LogP contribution in [0, 0.1) is 0 Å². The molecule has 0 aliphatic rings. The normalized spacial score (nSPS) is 10.2. The molecule has 21 heavy (non-hydrogen) atoms. The molecule has 0 radical (unpaired) electrons. The Balaban J connectivity index is 2.31. The lowest BCUT2D eigenvalue weighted by Crippen LogP contribution is -2.25. The molecule has 1 heterocycles. The first-order valence-electron chi connectivity index (χ1n) is 6.79. The van der Waals surface area contributed by atoms with E-state index in [1.54, 1.807) is 12.1 Å². The Bertz CT molecular complexity index is 614. The number of nitrogens with zero attached hydrogens (tertiary/aromatic N) is 2. The molecule has 2 N–H and O–H groups in total. The second-order valence-corrected chi connectivity index (χ2v) is 4.60. The molecule has 0 amide bonds. The number of hydrogen-bond donors (Lipinski definition) is 1. The monoisotopic (exact) mass is 285 g/mol. The van der Waals surface area contributed by atoms with Gasteiger partial charge < -0.3 is 15.4 Å². The summed E-state index contributed by atoms with van der Waals surface area (Å²) in [6, 6.07) is 13.3. The molecule has 2 rings (SSSR count). The predicted molar refractivity (Wildman–Crippen MR) is 83.2 cm³/mol. The number of nitrogen functional groups attached to an aromatic ring is 1. The number of pyridine rings is 1.